The van der Waals surface area contributed by atoms with E-state index in [1.807, 2.05) is 36.1 Å². The van der Waals surface area contributed by atoms with E-state index in [0.717, 1.165) is 18.5 Å². The summed E-state index contributed by atoms with van der Waals surface area (Å²) in [6.07, 6.45) is 0.349. The summed E-state index contributed by atoms with van der Waals surface area (Å²) in [5, 5.41) is 19.7. The van der Waals surface area contributed by atoms with Gasteiger partial charge in [-0.3, -0.25) is 4.90 Å². The van der Waals surface area contributed by atoms with Crippen LogP contribution in [-0.4, -0.2) is 54.1 Å². The second-order valence-corrected chi connectivity index (χ2v) is 5.64. The van der Waals surface area contributed by atoms with Crippen LogP contribution in [0.15, 0.2) is 24.3 Å². The molecule has 1 aromatic carbocycles. The average molecular weight is 316 g/mol. The van der Waals surface area contributed by atoms with E-state index in [0.29, 0.717) is 18.1 Å². The van der Waals surface area contributed by atoms with Crippen molar-refractivity contribution in [2.24, 2.45) is 0 Å². The SMILES string of the molecule is CCCN(CCO)C[C@@H](O)CO[C@H](C)c1ccc(Cl)cc1. The Labute approximate surface area is 132 Å². The molecule has 2 atom stereocenters. The number of aliphatic hydroxyl groups is 2. The fraction of sp³-hybridized carbons (Fsp3) is 0.625. The zero-order valence-corrected chi connectivity index (χ0v) is 13.6. The maximum absolute atomic E-state index is 10.0. The van der Waals surface area contributed by atoms with Crippen LogP contribution in [0.4, 0.5) is 0 Å². The summed E-state index contributed by atoms with van der Waals surface area (Å²) >= 11 is 5.85. The van der Waals surface area contributed by atoms with Gasteiger partial charge in [0.25, 0.3) is 0 Å². The van der Waals surface area contributed by atoms with E-state index in [1.165, 1.54) is 0 Å². The molecule has 5 heteroatoms. The molecule has 4 nitrogen and oxygen atoms in total. The number of benzene rings is 1. The highest BCUT2D eigenvalue weighted by molar-refractivity contribution is 6.30. The van der Waals surface area contributed by atoms with Gasteiger partial charge < -0.3 is 14.9 Å². The van der Waals surface area contributed by atoms with Crippen molar-refractivity contribution in [2.45, 2.75) is 32.5 Å². The molecule has 2 N–H and O–H groups in total. The van der Waals surface area contributed by atoms with E-state index >= 15 is 0 Å². The zero-order chi connectivity index (χ0) is 15.7. The molecule has 0 spiro atoms. The van der Waals surface area contributed by atoms with Gasteiger partial charge in [0.2, 0.25) is 0 Å². The van der Waals surface area contributed by atoms with Crippen LogP contribution >= 0.6 is 11.6 Å². The number of hydrogen-bond acceptors (Lipinski definition) is 4. The first-order valence-electron chi connectivity index (χ1n) is 7.45. The summed E-state index contributed by atoms with van der Waals surface area (Å²) in [6, 6.07) is 7.51. The first-order chi connectivity index (χ1) is 10.1. The summed E-state index contributed by atoms with van der Waals surface area (Å²) in [7, 11) is 0. The van der Waals surface area contributed by atoms with Crippen molar-refractivity contribution in [2.75, 3.05) is 32.8 Å². The van der Waals surface area contributed by atoms with Gasteiger partial charge in [0.05, 0.1) is 25.4 Å². The Bertz CT molecular complexity index is 380. The summed E-state index contributed by atoms with van der Waals surface area (Å²) < 4.78 is 5.70. The third-order valence-corrected chi connectivity index (χ3v) is 3.56. The van der Waals surface area contributed by atoms with Crippen LogP contribution in [0.5, 0.6) is 0 Å². The first-order valence-corrected chi connectivity index (χ1v) is 7.83. The molecule has 21 heavy (non-hydrogen) atoms. The molecule has 0 amide bonds. The Hall–Kier alpha value is -0.650. The van der Waals surface area contributed by atoms with E-state index in [1.54, 1.807) is 0 Å². The topological polar surface area (TPSA) is 52.9 Å². The fourth-order valence-electron chi connectivity index (χ4n) is 2.19. The molecule has 0 aliphatic heterocycles. The van der Waals surface area contributed by atoms with Gasteiger partial charge in [-0.05, 0) is 37.6 Å². The minimum absolute atomic E-state index is 0.0885. The summed E-state index contributed by atoms with van der Waals surface area (Å²) in [4.78, 5) is 2.04. The molecule has 0 aliphatic carbocycles. The number of nitrogens with zero attached hydrogens (tertiary/aromatic N) is 1. The standard InChI is InChI=1S/C16H26ClNO3/c1-3-8-18(9-10-19)11-16(20)12-21-13(2)14-4-6-15(17)7-5-14/h4-7,13,16,19-20H,3,8-12H2,1-2H3/t13-,16-/m1/s1. The number of ether oxygens (including phenoxy) is 1. The van der Waals surface area contributed by atoms with Crippen molar-refractivity contribution in [1.82, 2.24) is 4.90 Å². The molecule has 0 bridgehead atoms. The molecule has 0 radical (unpaired) electrons. The zero-order valence-electron chi connectivity index (χ0n) is 12.8. The predicted molar refractivity (Wildman–Crippen MR) is 85.6 cm³/mol. The molecule has 1 aromatic rings. The monoisotopic (exact) mass is 315 g/mol. The highest BCUT2D eigenvalue weighted by Gasteiger charge is 2.13. The van der Waals surface area contributed by atoms with E-state index in [-0.39, 0.29) is 19.3 Å². The van der Waals surface area contributed by atoms with Crippen LogP contribution in [0.1, 0.15) is 31.9 Å². The maximum atomic E-state index is 10.0. The van der Waals surface area contributed by atoms with E-state index < -0.39 is 6.10 Å². The molecule has 0 aliphatic rings. The molecular formula is C16H26ClNO3. The lowest BCUT2D eigenvalue weighted by molar-refractivity contribution is -0.0170. The van der Waals surface area contributed by atoms with Crippen molar-refractivity contribution >= 4 is 11.6 Å². The van der Waals surface area contributed by atoms with Gasteiger partial charge >= 0.3 is 0 Å². The Balaban J connectivity index is 2.37. The lowest BCUT2D eigenvalue weighted by Crippen LogP contribution is -2.37. The van der Waals surface area contributed by atoms with Crippen molar-refractivity contribution < 1.29 is 14.9 Å². The van der Waals surface area contributed by atoms with Gasteiger partial charge in [0, 0.05) is 18.1 Å². The van der Waals surface area contributed by atoms with Crippen molar-refractivity contribution in [3.63, 3.8) is 0 Å². The molecule has 1 rings (SSSR count). The second-order valence-electron chi connectivity index (χ2n) is 5.21. The highest BCUT2D eigenvalue weighted by atomic mass is 35.5. The molecule has 0 heterocycles. The van der Waals surface area contributed by atoms with E-state index in [4.69, 9.17) is 21.4 Å². The summed E-state index contributed by atoms with van der Waals surface area (Å²) in [5.41, 5.74) is 1.03. The summed E-state index contributed by atoms with van der Waals surface area (Å²) in [5.74, 6) is 0. The predicted octanol–water partition coefficient (Wildman–Crippen LogP) is 2.48. The molecule has 0 saturated heterocycles. The van der Waals surface area contributed by atoms with Gasteiger partial charge in [-0.15, -0.1) is 0 Å². The number of aliphatic hydroxyl groups excluding tert-OH is 2. The van der Waals surface area contributed by atoms with Crippen LogP contribution in [0, 0.1) is 0 Å². The van der Waals surface area contributed by atoms with Gasteiger partial charge in [0.15, 0.2) is 0 Å². The lowest BCUT2D eigenvalue weighted by Gasteiger charge is -2.24. The van der Waals surface area contributed by atoms with Crippen LogP contribution in [0.3, 0.4) is 0 Å². The number of halogens is 1. The Morgan fingerprint density at radius 3 is 2.48 bits per heavy atom. The quantitative estimate of drug-likeness (QED) is 0.696. The minimum Gasteiger partial charge on any atom is -0.395 e. The van der Waals surface area contributed by atoms with Crippen molar-refractivity contribution in [3.05, 3.63) is 34.9 Å². The largest absolute Gasteiger partial charge is 0.395 e. The first kappa shape index (κ1) is 18.4. The highest BCUT2D eigenvalue weighted by Crippen LogP contribution is 2.19. The normalized spacial score (nSPS) is 14.4. The van der Waals surface area contributed by atoms with Gasteiger partial charge in [-0.1, -0.05) is 30.7 Å². The fourth-order valence-corrected chi connectivity index (χ4v) is 2.31. The Morgan fingerprint density at radius 2 is 1.90 bits per heavy atom. The average Bonchev–Trinajstić information content (AvgIpc) is 2.46. The Kier molecular flexibility index (Phi) is 8.88. The molecule has 0 aromatic heterocycles. The number of rotatable bonds is 10. The van der Waals surface area contributed by atoms with Crippen molar-refractivity contribution in [1.29, 1.82) is 0 Å². The van der Waals surface area contributed by atoms with Gasteiger partial charge in [-0.2, -0.15) is 0 Å². The Morgan fingerprint density at radius 1 is 1.24 bits per heavy atom. The van der Waals surface area contributed by atoms with Gasteiger partial charge in [0.1, 0.15) is 0 Å². The van der Waals surface area contributed by atoms with E-state index in [2.05, 4.69) is 6.92 Å². The lowest BCUT2D eigenvalue weighted by atomic mass is 10.1. The molecule has 120 valence electrons. The minimum atomic E-state index is -0.558. The van der Waals surface area contributed by atoms with Gasteiger partial charge in [-0.25, -0.2) is 0 Å². The number of hydrogen-bond donors (Lipinski definition) is 2. The third-order valence-electron chi connectivity index (χ3n) is 3.30. The summed E-state index contributed by atoms with van der Waals surface area (Å²) in [6.45, 7) is 6.37. The molecule has 0 unspecified atom stereocenters. The molecular weight excluding hydrogens is 290 g/mol. The van der Waals surface area contributed by atoms with Crippen LogP contribution < -0.4 is 0 Å². The second kappa shape index (κ2) is 10.1. The van der Waals surface area contributed by atoms with Crippen LogP contribution in [0.2, 0.25) is 5.02 Å². The molecule has 0 fully saturated rings. The maximum Gasteiger partial charge on any atom is 0.0900 e. The smallest absolute Gasteiger partial charge is 0.0900 e. The third kappa shape index (κ3) is 7.25. The molecule has 0 saturated carbocycles. The van der Waals surface area contributed by atoms with E-state index in [9.17, 15) is 5.11 Å². The van der Waals surface area contributed by atoms with Crippen LogP contribution in [-0.2, 0) is 4.74 Å². The van der Waals surface area contributed by atoms with Crippen LogP contribution in [0.25, 0.3) is 0 Å². The van der Waals surface area contributed by atoms with Crippen molar-refractivity contribution in [3.8, 4) is 0 Å².